The van der Waals surface area contributed by atoms with E-state index in [1.165, 1.54) is 0 Å². The molecule has 1 aliphatic rings. The van der Waals surface area contributed by atoms with Gasteiger partial charge < -0.3 is 15.0 Å². The Hall–Kier alpha value is -1.43. The lowest BCUT2D eigenvalue weighted by molar-refractivity contribution is 0.201. The molecule has 5 nitrogen and oxygen atoms in total. The molecule has 2 heterocycles. The Labute approximate surface area is 124 Å². The maximum Gasteiger partial charge on any atom is 0.317 e. The quantitative estimate of drug-likeness (QED) is 0.924. The van der Waals surface area contributed by atoms with E-state index in [1.807, 2.05) is 35.7 Å². The van der Waals surface area contributed by atoms with E-state index in [0.717, 1.165) is 36.6 Å². The number of urea groups is 1. The van der Waals surface area contributed by atoms with Crippen molar-refractivity contribution in [2.24, 2.45) is 0 Å². The number of ether oxygens (including phenoxy) is 1. The number of pyridine rings is 1. The SMILES string of the molecule is CCOc1ncccc1CNC(=O)N1CCCSCC1. The highest BCUT2D eigenvalue weighted by Gasteiger charge is 2.15. The topological polar surface area (TPSA) is 54.5 Å². The average molecular weight is 295 g/mol. The molecule has 0 bridgehead atoms. The van der Waals surface area contributed by atoms with E-state index in [4.69, 9.17) is 4.74 Å². The van der Waals surface area contributed by atoms with Crippen molar-refractivity contribution in [1.29, 1.82) is 0 Å². The molecule has 1 aromatic rings. The third-order valence-corrected chi connectivity index (χ3v) is 4.12. The van der Waals surface area contributed by atoms with Gasteiger partial charge in [-0.1, -0.05) is 6.07 Å². The van der Waals surface area contributed by atoms with Crippen molar-refractivity contribution in [3.05, 3.63) is 23.9 Å². The predicted octanol–water partition coefficient (Wildman–Crippen LogP) is 2.13. The van der Waals surface area contributed by atoms with Crippen LogP contribution in [0.5, 0.6) is 5.88 Å². The summed E-state index contributed by atoms with van der Waals surface area (Å²) in [6, 6.07) is 3.78. The monoisotopic (exact) mass is 295 g/mol. The summed E-state index contributed by atoms with van der Waals surface area (Å²) in [5, 5.41) is 2.95. The van der Waals surface area contributed by atoms with Crippen molar-refractivity contribution in [2.45, 2.75) is 19.9 Å². The number of amides is 2. The van der Waals surface area contributed by atoms with Crippen molar-refractivity contribution in [3.8, 4) is 5.88 Å². The van der Waals surface area contributed by atoms with Crippen molar-refractivity contribution in [2.75, 3.05) is 31.2 Å². The summed E-state index contributed by atoms with van der Waals surface area (Å²) in [7, 11) is 0. The molecule has 1 aromatic heterocycles. The van der Waals surface area contributed by atoms with Crippen LogP contribution in [0, 0.1) is 0 Å². The molecular weight excluding hydrogens is 274 g/mol. The molecule has 20 heavy (non-hydrogen) atoms. The van der Waals surface area contributed by atoms with Gasteiger partial charge in [0.05, 0.1) is 6.61 Å². The standard InChI is InChI=1S/C14H21N3O2S/c1-2-19-13-12(5-3-6-15-13)11-16-14(18)17-7-4-9-20-10-8-17/h3,5-6H,2,4,7-11H2,1H3,(H,16,18). The fourth-order valence-corrected chi connectivity index (χ4v) is 2.94. The predicted molar refractivity (Wildman–Crippen MR) is 81.2 cm³/mol. The number of nitrogens with zero attached hydrogens (tertiary/aromatic N) is 2. The molecule has 0 atom stereocenters. The molecule has 0 unspecified atom stereocenters. The Morgan fingerprint density at radius 3 is 3.25 bits per heavy atom. The van der Waals surface area contributed by atoms with Crippen LogP contribution in [0.15, 0.2) is 18.3 Å². The maximum atomic E-state index is 12.1. The van der Waals surface area contributed by atoms with Gasteiger partial charge in [-0.05, 0) is 25.2 Å². The normalized spacial score (nSPS) is 15.6. The lowest BCUT2D eigenvalue weighted by Gasteiger charge is -2.20. The molecular formula is C14H21N3O2S. The van der Waals surface area contributed by atoms with Crippen LogP contribution < -0.4 is 10.1 Å². The van der Waals surface area contributed by atoms with E-state index in [2.05, 4.69) is 10.3 Å². The van der Waals surface area contributed by atoms with Crippen molar-refractivity contribution >= 4 is 17.8 Å². The van der Waals surface area contributed by atoms with Gasteiger partial charge in [-0.25, -0.2) is 9.78 Å². The molecule has 0 aromatic carbocycles. The highest BCUT2D eigenvalue weighted by molar-refractivity contribution is 7.99. The van der Waals surface area contributed by atoms with Crippen LogP contribution in [0.2, 0.25) is 0 Å². The number of nitrogens with one attached hydrogen (secondary N) is 1. The fraction of sp³-hybridized carbons (Fsp3) is 0.571. The van der Waals surface area contributed by atoms with Gasteiger partial charge in [0.1, 0.15) is 0 Å². The third-order valence-electron chi connectivity index (χ3n) is 3.07. The summed E-state index contributed by atoms with van der Waals surface area (Å²) in [6.07, 6.45) is 2.76. The molecule has 0 radical (unpaired) electrons. The van der Waals surface area contributed by atoms with Gasteiger partial charge in [0.2, 0.25) is 5.88 Å². The number of aromatic nitrogens is 1. The van der Waals surface area contributed by atoms with E-state index in [9.17, 15) is 4.79 Å². The second kappa shape index (κ2) is 7.99. The minimum atomic E-state index is -0.00111. The van der Waals surface area contributed by atoms with Crippen LogP contribution in [0.3, 0.4) is 0 Å². The number of hydrogen-bond acceptors (Lipinski definition) is 4. The van der Waals surface area contributed by atoms with Gasteiger partial charge in [-0.3, -0.25) is 0 Å². The van der Waals surface area contributed by atoms with E-state index < -0.39 is 0 Å². The number of thioether (sulfide) groups is 1. The first-order valence-electron chi connectivity index (χ1n) is 6.98. The maximum absolute atomic E-state index is 12.1. The smallest absolute Gasteiger partial charge is 0.317 e. The van der Waals surface area contributed by atoms with Crippen LogP contribution in [-0.4, -0.2) is 47.1 Å². The Morgan fingerprint density at radius 2 is 2.40 bits per heavy atom. The summed E-state index contributed by atoms with van der Waals surface area (Å²) < 4.78 is 5.46. The molecule has 2 amide bonds. The zero-order valence-electron chi connectivity index (χ0n) is 11.8. The first-order chi connectivity index (χ1) is 9.81. The van der Waals surface area contributed by atoms with Crippen LogP contribution in [0.1, 0.15) is 18.9 Å². The van der Waals surface area contributed by atoms with Crippen molar-refractivity contribution in [3.63, 3.8) is 0 Å². The van der Waals surface area contributed by atoms with Crippen molar-refractivity contribution < 1.29 is 9.53 Å². The summed E-state index contributed by atoms with van der Waals surface area (Å²) in [5.74, 6) is 2.76. The summed E-state index contributed by atoms with van der Waals surface area (Å²) in [4.78, 5) is 18.2. The van der Waals surface area contributed by atoms with Crippen LogP contribution >= 0.6 is 11.8 Å². The Bertz CT molecular complexity index is 434. The number of rotatable bonds is 4. The molecule has 110 valence electrons. The van der Waals surface area contributed by atoms with Gasteiger partial charge in [0.15, 0.2) is 0 Å². The van der Waals surface area contributed by atoms with Gasteiger partial charge in [-0.15, -0.1) is 0 Å². The van der Waals surface area contributed by atoms with Gasteiger partial charge in [-0.2, -0.15) is 11.8 Å². The van der Waals surface area contributed by atoms with Crippen molar-refractivity contribution in [1.82, 2.24) is 15.2 Å². The first kappa shape index (κ1) is 15.0. The summed E-state index contributed by atoms with van der Waals surface area (Å²) in [6.45, 7) is 4.60. The molecule has 2 rings (SSSR count). The van der Waals surface area contributed by atoms with Gasteiger partial charge in [0, 0.05) is 37.1 Å². The molecule has 1 N–H and O–H groups in total. The Morgan fingerprint density at radius 1 is 1.50 bits per heavy atom. The van der Waals surface area contributed by atoms with Crippen LogP contribution in [-0.2, 0) is 6.54 Å². The van der Waals surface area contributed by atoms with E-state index in [-0.39, 0.29) is 6.03 Å². The van der Waals surface area contributed by atoms with Crippen LogP contribution in [0.4, 0.5) is 4.79 Å². The fourth-order valence-electron chi connectivity index (χ4n) is 2.06. The van der Waals surface area contributed by atoms with Crippen LogP contribution in [0.25, 0.3) is 0 Å². The van der Waals surface area contributed by atoms with Gasteiger partial charge >= 0.3 is 6.03 Å². The molecule has 1 fully saturated rings. The second-order valence-corrected chi connectivity index (χ2v) is 5.74. The lowest BCUT2D eigenvalue weighted by Crippen LogP contribution is -2.40. The second-order valence-electron chi connectivity index (χ2n) is 4.51. The van der Waals surface area contributed by atoms with E-state index >= 15 is 0 Å². The minimum absolute atomic E-state index is 0.00111. The summed E-state index contributed by atoms with van der Waals surface area (Å²) >= 11 is 1.91. The molecule has 1 saturated heterocycles. The number of carbonyl (C=O) groups is 1. The molecule has 0 aliphatic carbocycles. The zero-order valence-corrected chi connectivity index (χ0v) is 12.6. The highest BCUT2D eigenvalue weighted by atomic mass is 32.2. The average Bonchev–Trinajstić information content (AvgIpc) is 2.75. The summed E-state index contributed by atoms with van der Waals surface area (Å²) in [5.41, 5.74) is 0.909. The first-order valence-corrected chi connectivity index (χ1v) is 8.14. The number of hydrogen-bond donors (Lipinski definition) is 1. The molecule has 1 aliphatic heterocycles. The molecule has 6 heteroatoms. The lowest BCUT2D eigenvalue weighted by atomic mass is 10.2. The highest BCUT2D eigenvalue weighted by Crippen LogP contribution is 2.14. The Balaban J connectivity index is 1.89. The Kier molecular flexibility index (Phi) is 5.98. The zero-order chi connectivity index (χ0) is 14.2. The number of carbonyl (C=O) groups excluding carboxylic acids is 1. The third kappa shape index (κ3) is 4.30. The molecule has 0 spiro atoms. The molecule has 0 saturated carbocycles. The largest absolute Gasteiger partial charge is 0.478 e. The minimum Gasteiger partial charge on any atom is -0.478 e. The van der Waals surface area contributed by atoms with E-state index in [1.54, 1.807) is 6.20 Å². The van der Waals surface area contributed by atoms with Gasteiger partial charge in [0.25, 0.3) is 0 Å². The van der Waals surface area contributed by atoms with E-state index in [0.29, 0.717) is 19.0 Å².